The number of phenols is 1. The Balaban J connectivity index is 2.32. The number of aliphatic carboxylic acids is 2. The molecule has 0 aromatic heterocycles. The molecule has 0 aliphatic rings. The number of benzene rings is 2. The molecule has 0 aliphatic heterocycles. The van der Waals surface area contributed by atoms with Gasteiger partial charge in [-0.1, -0.05) is 36.4 Å². The lowest BCUT2D eigenvalue weighted by Crippen LogP contribution is -2.20. The molecular formula is C15H12O5. The van der Waals surface area contributed by atoms with Gasteiger partial charge < -0.3 is 15.3 Å². The van der Waals surface area contributed by atoms with Crippen molar-refractivity contribution in [3.8, 4) is 16.9 Å². The first-order valence-electron chi connectivity index (χ1n) is 5.84. The van der Waals surface area contributed by atoms with Crippen LogP contribution in [0.3, 0.4) is 0 Å². The maximum absolute atomic E-state index is 10.9. The van der Waals surface area contributed by atoms with Gasteiger partial charge in [0.25, 0.3) is 0 Å². The zero-order chi connectivity index (χ0) is 14.7. The molecule has 0 unspecified atom stereocenters. The van der Waals surface area contributed by atoms with E-state index in [0.29, 0.717) is 0 Å². The summed E-state index contributed by atoms with van der Waals surface area (Å²) in [6, 6.07) is 12.8. The van der Waals surface area contributed by atoms with Crippen molar-refractivity contribution in [3.63, 3.8) is 0 Å². The molecule has 5 heteroatoms. The Morgan fingerprint density at radius 3 is 1.55 bits per heavy atom. The Morgan fingerprint density at radius 2 is 1.15 bits per heavy atom. The summed E-state index contributed by atoms with van der Waals surface area (Å²) < 4.78 is 0. The van der Waals surface area contributed by atoms with Crippen LogP contribution in [-0.2, 0) is 9.59 Å². The number of hydrogen-bond acceptors (Lipinski definition) is 3. The van der Waals surface area contributed by atoms with Crippen LogP contribution in [0, 0.1) is 0 Å². The minimum absolute atomic E-state index is 0.155. The summed E-state index contributed by atoms with van der Waals surface area (Å²) in [4.78, 5) is 21.9. The molecule has 0 amide bonds. The van der Waals surface area contributed by atoms with Crippen LogP contribution >= 0.6 is 0 Å². The summed E-state index contributed by atoms with van der Waals surface area (Å²) >= 11 is 0. The predicted molar refractivity (Wildman–Crippen MR) is 71.6 cm³/mol. The van der Waals surface area contributed by atoms with Gasteiger partial charge in [0.05, 0.1) is 0 Å². The van der Waals surface area contributed by atoms with Crippen LogP contribution in [0.2, 0.25) is 0 Å². The van der Waals surface area contributed by atoms with Gasteiger partial charge in [-0.05, 0) is 28.8 Å². The van der Waals surface area contributed by atoms with Crippen LogP contribution in [0.4, 0.5) is 0 Å². The van der Waals surface area contributed by atoms with Gasteiger partial charge in [-0.15, -0.1) is 0 Å². The number of phenolic OH excluding ortho intramolecular Hbond substituents is 1. The predicted octanol–water partition coefficient (Wildman–Crippen LogP) is 2.31. The standard InChI is InChI=1S/C15H12O5/c16-12-7-5-10(6-8-12)9-1-3-11(4-2-9)13(14(17)18)15(19)20/h1-8,13,16H,(H,17,18)(H,19,20). The molecule has 0 aliphatic carbocycles. The van der Waals surface area contributed by atoms with Crippen LogP contribution in [0.5, 0.6) is 5.75 Å². The molecule has 102 valence electrons. The fourth-order valence-corrected chi connectivity index (χ4v) is 1.91. The second kappa shape index (κ2) is 5.44. The van der Waals surface area contributed by atoms with Crippen LogP contribution in [0.15, 0.2) is 48.5 Å². The van der Waals surface area contributed by atoms with Gasteiger partial charge in [-0.2, -0.15) is 0 Å². The molecule has 0 atom stereocenters. The smallest absolute Gasteiger partial charge is 0.322 e. The number of aromatic hydroxyl groups is 1. The van der Waals surface area contributed by atoms with Crippen LogP contribution in [-0.4, -0.2) is 27.3 Å². The van der Waals surface area contributed by atoms with E-state index in [1.807, 2.05) is 0 Å². The molecule has 0 bridgehead atoms. The highest BCUT2D eigenvalue weighted by molar-refractivity contribution is 5.99. The largest absolute Gasteiger partial charge is 0.508 e. The van der Waals surface area contributed by atoms with Crippen molar-refractivity contribution in [2.45, 2.75) is 5.92 Å². The third-order valence-electron chi connectivity index (χ3n) is 2.94. The first kappa shape index (κ1) is 13.6. The minimum atomic E-state index is -1.57. The fraction of sp³-hybridized carbons (Fsp3) is 0.0667. The van der Waals surface area contributed by atoms with Gasteiger partial charge >= 0.3 is 11.9 Å². The van der Waals surface area contributed by atoms with Crippen molar-refractivity contribution in [1.29, 1.82) is 0 Å². The van der Waals surface area contributed by atoms with Crippen LogP contribution < -0.4 is 0 Å². The number of carboxylic acid groups (broad SMARTS) is 2. The van der Waals surface area contributed by atoms with E-state index in [0.717, 1.165) is 11.1 Å². The molecular weight excluding hydrogens is 260 g/mol. The van der Waals surface area contributed by atoms with E-state index in [1.54, 1.807) is 36.4 Å². The van der Waals surface area contributed by atoms with E-state index < -0.39 is 17.9 Å². The van der Waals surface area contributed by atoms with E-state index in [-0.39, 0.29) is 11.3 Å². The van der Waals surface area contributed by atoms with Crippen molar-refractivity contribution in [2.75, 3.05) is 0 Å². The molecule has 0 saturated carbocycles. The number of carbonyl (C=O) groups is 2. The molecule has 3 N–H and O–H groups in total. The van der Waals surface area contributed by atoms with E-state index in [2.05, 4.69) is 0 Å². The normalized spacial score (nSPS) is 10.4. The van der Waals surface area contributed by atoms with E-state index >= 15 is 0 Å². The molecule has 20 heavy (non-hydrogen) atoms. The maximum Gasteiger partial charge on any atom is 0.322 e. The Labute approximate surface area is 114 Å². The second-order valence-electron chi connectivity index (χ2n) is 4.28. The van der Waals surface area contributed by atoms with Gasteiger partial charge in [0.15, 0.2) is 5.92 Å². The number of carboxylic acids is 2. The fourth-order valence-electron chi connectivity index (χ4n) is 1.91. The molecule has 2 aromatic carbocycles. The average Bonchev–Trinajstić information content (AvgIpc) is 2.40. The minimum Gasteiger partial charge on any atom is -0.508 e. The Kier molecular flexibility index (Phi) is 3.70. The van der Waals surface area contributed by atoms with Crippen molar-refractivity contribution >= 4 is 11.9 Å². The topological polar surface area (TPSA) is 94.8 Å². The molecule has 5 nitrogen and oxygen atoms in total. The Morgan fingerprint density at radius 1 is 0.750 bits per heavy atom. The Bertz CT molecular complexity index is 614. The molecule has 2 rings (SSSR count). The molecule has 0 heterocycles. The molecule has 0 radical (unpaired) electrons. The number of rotatable bonds is 4. The molecule has 0 fully saturated rings. The van der Waals surface area contributed by atoms with Gasteiger partial charge in [-0.25, -0.2) is 0 Å². The van der Waals surface area contributed by atoms with Gasteiger partial charge in [-0.3, -0.25) is 9.59 Å². The zero-order valence-electron chi connectivity index (χ0n) is 10.4. The first-order chi connectivity index (χ1) is 9.49. The molecule has 0 spiro atoms. The summed E-state index contributed by atoms with van der Waals surface area (Å²) in [5, 5.41) is 27.0. The highest BCUT2D eigenvalue weighted by Crippen LogP contribution is 2.24. The lowest BCUT2D eigenvalue weighted by molar-refractivity contribution is -0.150. The van der Waals surface area contributed by atoms with Crippen molar-refractivity contribution < 1.29 is 24.9 Å². The first-order valence-corrected chi connectivity index (χ1v) is 5.84. The highest BCUT2D eigenvalue weighted by atomic mass is 16.4. The zero-order valence-corrected chi connectivity index (χ0v) is 10.4. The lowest BCUT2D eigenvalue weighted by atomic mass is 9.96. The van der Waals surface area contributed by atoms with Crippen LogP contribution in [0.25, 0.3) is 11.1 Å². The Hall–Kier alpha value is -2.82. The van der Waals surface area contributed by atoms with Crippen molar-refractivity contribution in [1.82, 2.24) is 0 Å². The summed E-state index contributed by atoms with van der Waals surface area (Å²) in [6.07, 6.45) is 0. The molecule has 2 aromatic rings. The SMILES string of the molecule is O=C(O)C(C(=O)O)c1ccc(-c2ccc(O)cc2)cc1. The number of hydrogen-bond donors (Lipinski definition) is 3. The van der Waals surface area contributed by atoms with E-state index in [1.165, 1.54) is 12.1 Å². The van der Waals surface area contributed by atoms with Crippen LogP contribution in [0.1, 0.15) is 11.5 Å². The average molecular weight is 272 g/mol. The molecule has 0 saturated heterocycles. The van der Waals surface area contributed by atoms with E-state index in [4.69, 9.17) is 10.2 Å². The summed E-state index contributed by atoms with van der Waals surface area (Å²) in [7, 11) is 0. The quantitative estimate of drug-likeness (QED) is 0.742. The van der Waals surface area contributed by atoms with Gasteiger partial charge in [0, 0.05) is 0 Å². The third kappa shape index (κ3) is 2.77. The third-order valence-corrected chi connectivity index (χ3v) is 2.94. The lowest BCUT2D eigenvalue weighted by Gasteiger charge is -2.09. The summed E-state index contributed by atoms with van der Waals surface area (Å²) in [6.45, 7) is 0. The van der Waals surface area contributed by atoms with Crippen molar-refractivity contribution in [3.05, 3.63) is 54.1 Å². The maximum atomic E-state index is 10.9. The summed E-state index contributed by atoms with van der Waals surface area (Å²) in [5.74, 6) is -4.20. The van der Waals surface area contributed by atoms with Crippen molar-refractivity contribution in [2.24, 2.45) is 0 Å². The van der Waals surface area contributed by atoms with Gasteiger partial charge in [0.1, 0.15) is 5.75 Å². The monoisotopic (exact) mass is 272 g/mol. The highest BCUT2D eigenvalue weighted by Gasteiger charge is 2.27. The second-order valence-corrected chi connectivity index (χ2v) is 4.28. The van der Waals surface area contributed by atoms with E-state index in [9.17, 15) is 14.7 Å². The summed E-state index contributed by atoms with van der Waals surface area (Å²) in [5.41, 5.74) is 1.87. The van der Waals surface area contributed by atoms with Gasteiger partial charge in [0.2, 0.25) is 0 Å².